The number of halogens is 1. The molecule has 1 aromatic carbocycles. The molecule has 1 atom stereocenters. The van der Waals surface area contributed by atoms with Gasteiger partial charge < -0.3 is 9.42 Å². The molecule has 8 nitrogen and oxygen atoms in total. The van der Waals surface area contributed by atoms with Crippen LogP contribution in [0.25, 0.3) is 11.6 Å². The van der Waals surface area contributed by atoms with E-state index in [4.69, 9.17) is 4.52 Å². The molecule has 4 rings (SSSR count). The summed E-state index contributed by atoms with van der Waals surface area (Å²) in [7, 11) is 0. The van der Waals surface area contributed by atoms with Crippen LogP contribution in [-0.2, 0) is 0 Å². The minimum Gasteiger partial charge on any atom is -0.337 e. The number of hydrogen-bond donors (Lipinski definition) is 0. The number of hydrogen-bond acceptors (Lipinski definition) is 6. The van der Waals surface area contributed by atoms with Crippen molar-refractivity contribution in [3.05, 3.63) is 47.7 Å². The molecule has 28 heavy (non-hydrogen) atoms. The number of piperidine rings is 1. The Morgan fingerprint density at radius 2 is 2.07 bits per heavy atom. The summed E-state index contributed by atoms with van der Waals surface area (Å²) in [6, 6.07) is 5.63. The molecule has 3 aromatic rings. The molecular weight excluding hydrogens is 363 g/mol. The van der Waals surface area contributed by atoms with Gasteiger partial charge in [-0.3, -0.25) is 4.79 Å². The van der Waals surface area contributed by atoms with Gasteiger partial charge in [0.25, 0.3) is 11.8 Å². The van der Waals surface area contributed by atoms with Gasteiger partial charge in [-0.25, -0.2) is 9.07 Å². The molecule has 0 spiro atoms. The third-order valence-corrected chi connectivity index (χ3v) is 4.84. The minimum atomic E-state index is -0.357. The van der Waals surface area contributed by atoms with Crippen LogP contribution in [-0.4, -0.2) is 49.0 Å². The lowest BCUT2D eigenvalue weighted by Crippen LogP contribution is -2.40. The predicted octanol–water partition coefficient (Wildman–Crippen LogP) is 3.07. The number of amides is 1. The molecule has 146 valence electrons. The van der Waals surface area contributed by atoms with Crippen LogP contribution in [0, 0.1) is 5.82 Å². The Morgan fingerprint density at radius 3 is 2.79 bits per heavy atom. The van der Waals surface area contributed by atoms with Crippen LogP contribution in [0.5, 0.6) is 0 Å². The standard InChI is InChI=1S/C19H21FN6O2/c1-12(2)17-21-18(28-23-17)16-11-26(24-22-16)15-4-3-9-25(10-15)19(27)13-5-7-14(20)8-6-13/h5-8,11-12,15H,3-4,9-10H2,1-2H3. The first kappa shape index (κ1) is 18.3. The van der Waals surface area contributed by atoms with Crippen LogP contribution < -0.4 is 0 Å². The number of rotatable bonds is 4. The van der Waals surface area contributed by atoms with Crippen molar-refractivity contribution in [2.45, 2.75) is 38.6 Å². The van der Waals surface area contributed by atoms with E-state index in [1.807, 2.05) is 13.8 Å². The SMILES string of the molecule is CC(C)c1noc(-c2cn(C3CCCN(C(=O)c4ccc(F)cc4)C3)nn2)n1. The average molecular weight is 384 g/mol. The minimum absolute atomic E-state index is 0.00638. The molecule has 1 aliphatic heterocycles. The topological polar surface area (TPSA) is 89.9 Å². The zero-order chi connectivity index (χ0) is 19.7. The Bertz CT molecular complexity index is 965. The van der Waals surface area contributed by atoms with Crippen LogP contribution in [0.15, 0.2) is 35.0 Å². The van der Waals surface area contributed by atoms with E-state index in [0.29, 0.717) is 36.1 Å². The fourth-order valence-corrected chi connectivity index (χ4v) is 3.26. The second kappa shape index (κ2) is 7.49. The van der Waals surface area contributed by atoms with Crippen molar-refractivity contribution < 1.29 is 13.7 Å². The average Bonchev–Trinajstić information content (AvgIpc) is 3.38. The maximum Gasteiger partial charge on any atom is 0.280 e. The Balaban J connectivity index is 1.48. The van der Waals surface area contributed by atoms with Gasteiger partial charge in [-0.2, -0.15) is 4.98 Å². The first-order valence-electron chi connectivity index (χ1n) is 9.32. The van der Waals surface area contributed by atoms with Crippen LogP contribution in [0.3, 0.4) is 0 Å². The van der Waals surface area contributed by atoms with E-state index in [9.17, 15) is 9.18 Å². The summed E-state index contributed by atoms with van der Waals surface area (Å²) in [4.78, 5) is 18.8. The van der Waals surface area contributed by atoms with Gasteiger partial charge in [0.2, 0.25) is 0 Å². The van der Waals surface area contributed by atoms with Gasteiger partial charge in [-0.1, -0.05) is 24.2 Å². The van der Waals surface area contributed by atoms with Crippen molar-refractivity contribution in [1.29, 1.82) is 0 Å². The van der Waals surface area contributed by atoms with Crippen molar-refractivity contribution in [1.82, 2.24) is 30.0 Å². The fraction of sp³-hybridized carbons (Fsp3) is 0.421. The van der Waals surface area contributed by atoms with E-state index in [0.717, 1.165) is 12.8 Å². The second-order valence-electron chi connectivity index (χ2n) is 7.25. The molecule has 0 bridgehead atoms. The van der Waals surface area contributed by atoms with Gasteiger partial charge in [0.1, 0.15) is 5.82 Å². The monoisotopic (exact) mass is 384 g/mol. The normalized spacial score (nSPS) is 17.3. The Hall–Kier alpha value is -3.10. The number of benzene rings is 1. The fourth-order valence-electron chi connectivity index (χ4n) is 3.26. The lowest BCUT2D eigenvalue weighted by atomic mass is 10.0. The first-order valence-corrected chi connectivity index (χ1v) is 9.32. The van der Waals surface area contributed by atoms with Gasteiger partial charge in [0.05, 0.1) is 12.2 Å². The quantitative estimate of drug-likeness (QED) is 0.687. The molecule has 0 saturated carbocycles. The van der Waals surface area contributed by atoms with Crippen LogP contribution in [0.4, 0.5) is 4.39 Å². The zero-order valence-electron chi connectivity index (χ0n) is 15.7. The molecule has 0 radical (unpaired) electrons. The summed E-state index contributed by atoms with van der Waals surface area (Å²) in [6.45, 7) is 5.15. The predicted molar refractivity (Wildman–Crippen MR) is 98.0 cm³/mol. The van der Waals surface area contributed by atoms with Gasteiger partial charge in [-0.15, -0.1) is 5.10 Å². The van der Waals surface area contributed by atoms with Gasteiger partial charge in [-0.05, 0) is 37.1 Å². The molecule has 1 aliphatic rings. The lowest BCUT2D eigenvalue weighted by molar-refractivity contribution is 0.0672. The highest BCUT2D eigenvalue weighted by Crippen LogP contribution is 2.24. The van der Waals surface area contributed by atoms with Crippen molar-refractivity contribution in [3.63, 3.8) is 0 Å². The van der Waals surface area contributed by atoms with Crippen LogP contribution >= 0.6 is 0 Å². The van der Waals surface area contributed by atoms with E-state index in [1.54, 1.807) is 15.8 Å². The largest absolute Gasteiger partial charge is 0.337 e. The Kier molecular flexibility index (Phi) is 4.89. The number of aromatic nitrogens is 5. The van der Waals surface area contributed by atoms with Crippen molar-refractivity contribution in [3.8, 4) is 11.6 Å². The molecule has 0 aliphatic carbocycles. The number of carbonyl (C=O) groups is 1. The van der Waals surface area contributed by atoms with Crippen molar-refractivity contribution in [2.75, 3.05) is 13.1 Å². The van der Waals surface area contributed by atoms with E-state index < -0.39 is 0 Å². The summed E-state index contributed by atoms with van der Waals surface area (Å²) >= 11 is 0. The maximum atomic E-state index is 13.1. The molecule has 0 N–H and O–H groups in total. The first-order chi connectivity index (χ1) is 13.5. The number of nitrogens with zero attached hydrogens (tertiary/aromatic N) is 6. The molecule has 1 fully saturated rings. The molecule has 2 aromatic heterocycles. The Labute approximate surface area is 161 Å². The second-order valence-corrected chi connectivity index (χ2v) is 7.25. The molecular formula is C19H21FN6O2. The molecule has 1 amide bonds. The number of carbonyl (C=O) groups excluding carboxylic acids is 1. The maximum absolute atomic E-state index is 13.1. The van der Waals surface area contributed by atoms with Gasteiger partial charge in [0, 0.05) is 24.6 Å². The highest BCUT2D eigenvalue weighted by molar-refractivity contribution is 5.94. The lowest BCUT2D eigenvalue weighted by Gasteiger charge is -2.32. The third kappa shape index (κ3) is 3.64. The van der Waals surface area contributed by atoms with Crippen molar-refractivity contribution in [2.24, 2.45) is 0 Å². The summed E-state index contributed by atoms with van der Waals surface area (Å²) in [5, 5.41) is 12.3. The molecule has 3 heterocycles. The highest BCUT2D eigenvalue weighted by Gasteiger charge is 2.27. The number of likely N-dealkylation sites (tertiary alicyclic amines) is 1. The van der Waals surface area contributed by atoms with E-state index in [-0.39, 0.29) is 23.7 Å². The summed E-state index contributed by atoms with van der Waals surface area (Å²) in [6.07, 6.45) is 3.51. The summed E-state index contributed by atoms with van der Waals surface area (Å²) in [5.41, 5.74) is 0.995. The van der Waals surface area contributed by atoms with E-state index in [1.165, 1.54) is 24.3 Å². The van der Waals surface area contributed by atoms with Crippen molar-refractivity contribution >= 4 is 5.91 Å². The molecule has 1 unspecified atom stereocenters. The van der Waals surface area contributed by atoms with Crippen LogP contribution in [0.2, 0.25) is 0 Å². The third-order valence-electron chi connectivity index (χ3n) is 4.84. The van der Waals surface area contributed by atoms with E-state index in [2.05, 4.69) is 20.5 Å². The molecule has 1 saturated heterocycles. The molecule has 9 heteroatoms. The Morgan fingerprint density at radius 1 is 1.29 bits per heavy atom. The van der Waals surface area contributed by atoms with Crippen LogP contribution in [0.1, 0.15) is 54.8 Å². The van der Waals surface area contributed by atoms with E-state index >= 15 is 0 Å². The highest BCUT2D eigenvalue weighted by atomic mass is 19.1. The summed E-state index contributed by atoms with van der Waals surface area (Å²) < 4.78 is 20.1. The van der Waals surface area contributed by atoms with Gasteiger partial charge >= 0.3 is 0 Å². The smallest absolute Gasteiger partial charge is 0.280 e. The summed E-state index contributed by atoms with van der Waals surface area (Å²) in [5.74, 6) is 0.661. The van der Waals surface area contributed by atoms with Gasteiger partial charge in [0.15, 0.2) is 11.5 Å². The zero-order valence-corrected chi connectivity index (χ0v) is 15.7.